The van der Waals surface area contributed by atoms with Gasteiger partial charge in [-0.3, -0.25) is 9.59 Å². The molecule has 4 rings (SSSR count). The molecule has 1 aliphatic carbocycles. The van der Waals surface area contributed by atoms with Crippen LogP contribution in [-0.4, -0.2) is 36.4 Å². The molecule has 2 aromatic rings. The molecule has 2 fully saturated rings. The summed E-state index contributed by atoms with van der Waals surface area (Å²) in [6.07, 6.45) is 2.41. The zero-order chi connectivity index (χ0) is 19.0. The van der Waals surface area contributed by atoms with Crippen molar-refractivity contribution in [1.29, 1.82) is 0 Å². The Labute approximate surface area is 166 Å². The van der Waals surface area contributed by atoms with Crippen molar-refractivity contribution >= 4 is 46.5 Å². The number of amides is 2. The van der Waals surface area contributed by atoms with E-state index in [2.05, 4.69) is 15.6 Å². The fourth-order valence-corrected chi connectivity index (χ4v) is 3.62. The normalized spacial score (nSPS) is 21.6. The minimum absolute atomic E-state index is 0.0116. The number of rotatable bonds is 4. The Hall–Kier alpha value is -2.31. The van der Waals surface area contributed by atoms with E-state index in [-0.39, 0.29) is 23.7 Å². The molecular weight excluding hydrogens is 387 g/mol. The summed E-state index contributed by atoms with van der Waals surface area (Å²) in [4.78, 5) is 30.2. The van der Waals surface area contributed by atoms with Crippen LogP contribution >= 0.6 is 23.2 Å². The number of carbonyl (C=O) groups excluding carboxylic acids is 2. The zero-order valence-corrected chi connectivity index (χ0v) is 15.9. The van der Waals surface area contributed by atoms with Gasteiger partial charge in [0.05, 0.1) is 28.5 Å². The van der Waals surface area contributed by atoms with Crippen LogP contribution in [0.1, 0.15) is 17.9 Å². The van der Waals surface area contributed by atoms with Crippen LogP contribution in [0.2, 0.25) is 10.0 Å². The average Bonchev–Trinajstić information content (AvgIpc) is 3.46. The minimum Gasteiger partial charge on any atom is -0.353 e. The van der Waals surface area contributed by atoms with E-state index in [9.17, 15) is 9.59 Å². The zero-order valence-electron chi connectivity index (χ0n) is 14.4. The summed E-state index contributed by atoms with van der Waals surface area (Å²) in [5.41, 5.74) is 1.67. The summed E-state index contributed by atoms with van der Waals surface area (Å²) < 4.78 is 0. The summed E-state index contributed by atoms with van der Waals surface area (Å²) in [5, 5.41) is 6.71. The summed E-state index contributed by atoms with van der Waals surface area (Å²) in [6.45, 7) is 1.63. The van der Waals surface area contributed by atoms with Gasteiger partial charge in [0.25, 0.3) is 0 Å². The van der Waals surface area contributed by atoms with Crippen LogP contribution in [0, 0.1) is 5.92 Å². The van der Waals surface area contributed by atoms with Crippen LogP contribution in [0.4, 0.5) is 11.5 Å². The van der Waals surface area contributed by atoms with Crippen molar-refractivity contribution in [1.82, 2.24) is 10.3 Å². The van der Waals surface area contributed by atoms with Crippen molar-refractivity contribution in [3.05, 3.63) is 52.1 Å². The number of pyridine rings is 1. The molecule has 2 aliphatic rings. The molecule has 1 aliphatic heterocycles. The molecule has 0 bridgehead atoms. The second kappa shape index (κ2) is 7.37. The monoisotopic (exact) mass is 404 g/mol. The molecular formula is C19H18Cl2N4O2. The van der Waals surface area contributed by atoms with Crippen molar-refractivity contribution < 1.29 is 9.59 Å². The summed E-state index contributed by atoms with van der Waals surface area (Å²) in [6, 6.07) is 9.13. The fourth-order valence-electron chi connectivity index (χ4n) is 3.31. The number of hydrogen-bond donors (Lipinski definition) is 2. The molecule has 140 valence electrons. The predicted octanol–water partition coefficient (Wildman–Crippen LogP) is 3.07. The van der Waals surface area contributed by atoms with Gasteiger partial charge < -0.3 is 15.5 Å². The number of halogens is 2. The number of hydrogen-bond acceptors (Lipinski definition) is 4. The Morgan fingerprint density at radius 2 is 2.07 bits per heavy atom. The van der Waals surface area contributed by atoms with Crippen LogP contribution < -0.4 is 15.5 Å². The van der Waals surface area contributed by atoms with E-state index in [1.54, 1.807) is 12.3 Å². The maximum atomic E-state index is 12.5. The van der Waals surface area contributed by atoms with Crippen LogP contribution in [0.5, 0.6) is 0 Å². The molecule has 1 saturated heterocycles. The van der Waals surface area contributed by atoms with Crippen molar-refractivity contribution in [3.63, 3.8) is 0 Å². The van der Waals surface area contributed by atoms with Gasteiger partial charge in [0, 0.05) is 19.0 Å². The third-order valence-electron chi connectivity index (χ3n) is 4.88. The highest BCUT2D eigenvalue weighted by atomic mass is 35.5. The lowest BCUT2D eigenvalue weighted by Gasteiger charge is -2.27. The molecule has 0 radical (unpaired) electrons. The smallest absolute Gasteiger partial charge is 0.239 e. The molecule has 2 N–H and O–H groups in total. The van der Waals surface area contributed by atoms with Crippen molar-refractivity contribution in [2.24, 2.45) is 5.92 Å². The SMILES string of the molecule is O=C1CN(c2ccc(NC(=O)C3CC3c3ccc(Cl)c(Cl)c3)cn2)CCN1. The molecule has 1 saturated carbocycles. The fraction of sp³-hybridized carbons (Fsp3) is 0.316. The first-order valence-electron chi connectivity index (χ1n) is 8.75. The third-order valence-corrected chi connectivity index (χ3v) is 5.62. The van der Waals surface area contributed by atoms with E-state index < -0.39 is 0 Å². The van der Waals surface area contributed by atoms with Crippen molar-refractivity contribution in [2.45, 2.75) is 12.3 Å². The Morgan fingerprint density at radius 3 is 2.78 bits per heavy atom. The Kier molecular flexibility index (Phi) is 4.93. The molecule has 2 heterocycles. The standard InChI is InChI=1S/C19H18Cl2N4O2/c20-15-3-1-11(7-16(15)21)13-8-14(13)19(27)24-12-2-4-17(23-9-12)25-6-5-22-18(26)10-25/h1-4,7,9,13-14H,5-6,8,10H2,(H,22,26)(H,24,27). The first kappa shape index (κ1) is 18.1. The van der Waals surface area contributed by atoms with Gasteiger partial charge >= 0.3 is 0 Å². The second-order valence-corrected chi connectivity index (χ2v) is 7.60. The second-order valence-electron chi connectivity index (χ2n) is 6.79. The van der Waals surface area contributed by atoms with Crippen LogP contribution in [0.25, 0.3) is 0 Å². The molecule has 0 spiro atoms. The molecule has 27 heavy (non-hydrogen) atoms. The molecule has 2 unspecified atom stereocenters. The number of benzene rings is 1. The third kappa shape index (κ3) is 4.01. The van der Waals surface area contributed by atoms with E-state index in [4.69, 9.17) is 23.2 Å². The number of carbonyl (C=O) groups is 2. The van der Waals surface area contributed by atoms with E-state index in [0.717, 1.165) is 24.3 Å². The maximum Gasteiger partial charge on any atom is 0.239 e. The van der Waals surface area contributed by atoms with Crippen molar-refractivity contribution in [3.8, 4) is 0 Å². The van der Waals surface area contributed by atoms with Gasteiger partial charge in [0.15, 0.2) is 0 Å². The van der Waals surface area contributed by atoms with Gasteiger partial charge in [-0.25, -0.2) is 4.98 Å². The van der Waals surface area contributed by atoms with Crippen LogP contribution in [0.15, 0.2) is 36.5 Å². The summed E-state index contributed by atoms with van der Waals surface area (Å²) >= 11 is 12.0. The van der Waals surface area contributed by atoms with E-state index in [1.165, 1.54) is 0 Å². The van der Waals surface area contributed by atoms with E-state index >= 15 is 0 Å². The minimum atomic E-state index is -0.0762. The largest absolute Gasteiger partial charge is 0.353 e. The molecule has 8 heteroatoms. The lowest BCUT2D eigenvalue weighted by atomic mass is 10.1. The Balaban J connectivity index is 1.36. The molecule has 6 nitrogen and oxygen atoms in total. The predicted molar refractivity (Wildman–Crippen MR) is 105 cm³/mol. The van der Waals surface area contributed by atoms with Crippen LogP contribution in [-0.2, 0) is 9.59 Å². The van der Waals surface area contributed by atoms with E-state index in [1.807, 2.05) is 29.2 Å². The lowest BCUT2D eigenvalue weighted by molar-refractivity contribution is -0.120. The van der Waals surface area contributed by atoms with Gasteiger partial charge in [-0.1, -0.05) is 29.3 Å². The highest BCUT2D eigenvalue weighted by molar-refractivity contribution is 6.42. The molecule has 1 aromatic carbocycles. The Bertz CT molecular complexity index is 888. The number of anilines is 2. The first-order chi connectivity index (χ1) is 13.0. The Morgan fingerprint density at radius 1 is 1.22 bits per heavy atom. The molecule has 2 atom stereocenters. The summed E-state index contributed by atoms with van der Waals surface area (Å²) in [7, 11) is 0. The van der Waals surface area contributed by atoms with Gasteiger partial charge in [-0.15, -0.1) is 0 Å². The number of aromatic nitrogens is 1. The van der Waals surface area contributed by atoms with E-state index in [0.29, 0.717) is 28.8 Å². The maximum absolute atomic E-state index is 12.5. The quantitative estimate of drug-likeness (QED) is 0.820. The van der Waals surface area contributed by atoms with Gasteiger partial charge in [-0.05, 0) is 42.2 Å². The van der Waals surface area contributed by atoms with Crippen molar-refractivity contribution in [2.75, 3.05) is 29.9 Å². The highest BCUT2D eigenvalue weighted by Crippen LogP contribution is 2.48. The molecule has 1 aromatic heterocycles. The number of nitrogens with one attached hydrogen (secondary N) is 2. The van der Waals surface area contributed by atoms with Gasteiger partial charge in [-0.2, -0.15) is 0 Å². The summed E-state index contributed by atoms with van der Waals surface area (Å²) in [5.74, 6) is 0.773. The number of piperazine rings is 1. The topological polar surface area (TPSA) is 74.3 Å². The van der Waals surface area contributed by atoms with Crippen LogP contribution in [0.3, 0.4) is 0 Å². The number of nitrogens with zero attached hydrogens (tertiary/aromatic N) is 2. The van der Waals surface area contributed by atoms with Gasteiger partial charge in [0.1, 0.15) is 5.82 Å². The lowest BCUT2D eigenvalue weighted by Crippen LogP contribution is -2.48. The van der Waals surface area contributed by atoms with Gasteiger partial charge in [0.2, 0.25) is 11.8 Å². The molecule has 2 amide bonds. The average molecular weight is 405 g/mol. The highest BCUT2D eigenvalue weighted by Gasteiger charge is 2.44. The first-order valence-corrected chi connectivity index (χ1v) is 9.50.